The number of nitrogens with one attached hydrogen (secondary N) is 2. The zero-order chi connectivity index (χ0) is 17.1. The summed E-state index contributed by atoms with van der Waals surface area (Å²) < 4.78 is 0.932. The number of piperazine rings is 1. The van der Waals surface area contributed by atoms with E-state index >= 15 is 0 Å². The zero-order valence-corrected chi connectivity index (χ0v) is 15.7. The molecule has 4 rings (SSSR count). The number of rotatable bonds is 4. The molecule has 7 nitrogen and oxygen atoms in total. The van der Waals surface area contributed by atoms with Crippen molar-refractivity contribution in [3.05, 3.63) is 29.0 Å². The first kappa shape index (κ1) is 16.5. The number of hydrogen-bond acceptors (Lipinski definition) is 7. The third-order valence-corrected chi connectivity index (χ3v) is 5.16. The van der Waals surface area contributed by atoms with E-state index in [1.165, 1.54) is 12.8 Å². The third-order valence-electron chi connectivity index (χ3n) is 4.60. The molecule has 132 valence electrons. The predicted octanol–water partition coefficient (Wildman–Crippen LogP) is 2.39. The molecule has 2 aliphatic rings. The molecule has 8 heteroatoms. The number of hydrogen-bond donors (Lipinski definition) is 2. The van der Waals surface area contributed by atoms with E-state index in [0.29, 0.717) is 5.95 Å². The lowest BCUT2D eigenvalue weighted by atomic mass is 10.3. The topological polar surface area (TPSA) is 69.2 Å². The first-order valence-electron chi connectivity index (χ1n) is 8.76. The van der Waals surface area contributed by atoms with Crippen LogP contribution in [0.2, 0.25) is 0 Å². The van der Waals surface area contributed by atoms with Crippen LogP contribution >= 0.6 is 15.9 Å². The van der Waals surface area contributed by atoms with E-state index in [1.54, 1.807) is 6.20 Å². The van der Waals surface area contributed by atoms with Gasteiger partial charge in [-0.2, -0.15) is 4.98 Å². The molecular formula is C17H22BrN7. The van der Waals surface area contributed by atoms with Crippen LogP contribution in [-0.4, -0.2) is 54.2 Å². The molecule has 4 heterocycles. The Kier molecular flexibility index (Phi) is 4.98. The fourth-order valence-electron chi connectivity index (χ4n) is 3.25. The van der Waals surface area contributed by atoms with Crippen molar-refractivity contribution in [1.29, 1.82) is 0 Å². The van der Waals surface area contributed by atoms with Gasteiger partial charge < -0.3 is 20.4 Å². The normalized spacial score (nSPS) is 17.8. The SMILES string of the molecule is Brc1cnc(Nc2ccc(N3CCNCC3)cn2)nc1N1CCCC1. The Labute approximate surface area is 156 Å². The maximum absolute atomic E-state index is 4.66. The summed E-state index contributed by atoms with van der Waals surface area (Å²) in [7, 11) is 0. The lowest BCUT2D eigenvalue weighted by Crippen LogP contribution is -2.43. The van der Waals surface area contributed by atoms with Crippen molar-refractivity contribution in [3.63, 3.8) is 0 Å². The molecule has 25 heavy (non-hydrogen) atoms. The molecule has 0 unspecified atom stereocenters. The van der Waals surface area contributed by atoms with Crippen LogP contribution in [0.3, 0.4) is 0 Å². The molecule has 2 aliphatic heterocycles. The average molecular weight is 404 g/mol. The Morgan fingerprint density at radius 3 is 2.48 bits per heavy atom. The van der Waals surface area contributed by atoms with Gasteiger partial charge in [0.05, 0.1) is 16.4 Å². The van der Waals surface area contributed by atoms with Crippen molar-refractivity contribution < 1.29 is 0 Å². The molecule has 2 aromatic heterocycles. The summed E-state index contributed by atoms with van der Waals surface area (Å²) in [6.07, 6.45) is 6.15. The Morgan fingerprint density at radius 2 is 1.76 bits per heavy atom. The minimum Gasteiger partial charge on any atom is -0.368 e. The van der Waals surface area contributed by atoms with Crippen LogP contribution in [0.25, 0.3) is 0 Å². The first-order chi connectivity index (χ1) is 12.3. The van der Waals surface area contributed by atoms with Crippen LogP contribution in [0, 0.1) is 0 Å². The summed E-state index contributed by atoms with van der Waals surface area (Å²) in [5.74, 6) is 2.29. The number of pyridine rings is 1. The summed E-state index contributed by atoms with van der Waals surface area (Å²) in [6.45, 7) is 6.17. The minimum absolute atomic E-state index is 0.576. The van der Waals surface area contributed by atoms with Crippen LogP contribution in [0.5, 0.6) is 0 Å². The van der Waals surface area contributed by atoms with E-state index in [1.807, 2.05) is 12.3 Å². The lowest BCUT2D eigenvalue weighted by Gasteiger charge is -2.29. The van der Waals surface area contributed by atoms with E-state index in [-0.39, 0.29) is 0 Å². The molecule has 2 saturated heterocycles. The second kappa shape index (κ2) is 7.53. The highest BCUT2D eigenvalue weighted by Crippen LogP contribution is 2.28. The van der Waals surface area contributed by atoms with Gasteiger partial charge in [-0.3, -0.25) is 0 Å². The summed E-state index contributed by atoms with van der Waals surface area (Å²) >= 11 is 3.56. The number of nitrogens with zero attached hydrogens (tertiary/aromatic N) is 5. The largest absolute Gasteiger partial charge is 0.368 e. The molecule has 0 saturated carbocycles. The van der Waals surface area contributed by atoms with Crippen molar-refractivity contribution in [2.24, 2.45) is 0 Å². The van der Waals surface area contributed by atoms with Crippen molar-refractivity contribution >= 4 is 39.2 Å². The average Bonchev–Trinajstić information content (AvgIpc) is 3.19. The maximum atomic E-state index is 4.66. The summed E-state index contributed by atoms with van der Waals surface area (Å²) in [5, 5.41) is 6.58. The Balaban J connectivity index is 1.47. The molecule has 0 atom stereocenters. The fraction of sp³-hybridized carbons (Fsp3) is 0.471. The molecule has 2 fully saturated rings. The standard InChI is InChI=1S/C17H22BrN7/c18-14-12-21-17(23-16(14)25-7-1-2-8-25)22-15-4-3-13(11-20-15)24-9-5-19-6-10-24/h3-4,11-12,19H,1-2,5-10H2,(H,20,21,22,23). The monoisotopic (exact) mass is 403 g/mol. The van der Waals surface area contributed by atoms with Crippen molar-refractivity contribution in [3.8, 4) is 0 Å². The number of halogens is 1. The highest BCUT2D eigenvalue weighted by molar-refractivity contribution is 9.10. The van der Waals surface area contributed by atoms with Gasteiger partial charge in [0.15, 0.2) is 0 Å². The van der Waals surface area contributed by atoms with Gasteiger partial charge >= 0.3 is 0 Å². The van der Waals surface area contributed by atoms with E-state index in [4.69, 9.17) is 0 Å². The lowest BCUT2D eigenvalue weighted by molar-refractivity contribution is 0.589. The van der Waals surface area contributed by atoms with Gasteiger partial charge in [-0.25, -0.2) is 9.97 Å². The summed E-state index contributed by atoms with van der Waals surface area (Å²) in [4.78, 5) is 18.2. The number of anilines is 4. The Hall–Kier alpha value is -1.93. The van der Waals surface area contributed by atoms with Crippen molar-refractivity contribution in [2.75, 3.05) is 54.4 Å². The molecule has 2 N–H and O–H groups in total. The Morgan fingerprint density at radius 1 is 0.960 bits per heavy atom. The summed E-state index contributed by atoms with van der Waals surface area (Å²) in [5.41, 5.74) is 1.15. The molecular weight excluding hydrogens is 382 g/mol. The van der Waals surface area contributed by atoms with Gasteiger partial charge in [0, 0.05) is 45.5 Å². The van der Waals surface area contributed by atoms with Crippen LogP contribution in [0.15, 0.2) is 29.0 Å². The van der Waals surface area contributed by atoms with Crippen LogP contribution in [-0.2, 0) is 0 Å². The predicted molar refractivity (Wildman–Crippen MR) is 104 cm³/mol. The van der Waals surface area contributed by atoms with Crippen LogP contribution in [0.1, 0.15) is 12.8 Å². The van der Waals surface area contributed by atoms with Gasteiger partial charge in [0.25, 0.3) is 0 Å². The highest BCUT2D eigenvalue weighted by Gasteiger charge is 2.17. The zero-order valence-electron chi connectivity index (χ0n) is 14.1. The Bertz CT molecular complexity index is 709. The molecule has 0 radical (unpaired) electrons. The molecule has 0 spiro atoms. The maximum Gasteiger partial charge on any atom is 0.230 e. The van der Waals surface area contributed by atoms with Crippen molar-refractivity contribution in [2.45, 2.75) is 12.8 Å². The second-order valence-corrected chi connectivity index (χ2v) is 7.18. The van der Waals surface area contributed by atoms with Gasteiger partial charge in [-0.05, 0) is 40.9 Å². The third kappa shape index (κ3) is 3.85. The fourth-order valence-corrected chi connectivity index (χ4v) is 3.70. The van der Waals surface area contributed by atoms with Gasteiger partial charge in [-0.1, -0.05) is 0 Å². The van der Waals surface area contributed by atoms with E-state index in [0.717, 1.165) is 61.1 Å². The highest BCUT2D eigenvalue weighted by atomic mass is 79.9. The van der Waals surface area contributed by atoms with E-state index in [9.17, 15) is 0 Å². The summed E-state index contributed by atoms with van der Waals surface area (Å²) in [6, 6.07) is 4.08. The van der Waals surface area contributed by atoms with Gasteiger partial charge in [0.2, 0.25) is 5.95 Å². The van der Waals surface area contributed by atoms with Crippen LogP contribution < -0.4 is 20.4 Å². The smallest absolute Gasteiger partial charge is 0.230 e. The number of aromatic nitrogens is 3. The quantitative estimate of drug-likeness (QED) is 0.811. The van der Waals surface area contributed by atoms with E-state index < -0.39 is 0 Å². The van der Waals surface area contributed by atoms with Gasteiger partial charge in [0.1, 0.15) is 11.6 Å². The van der Waals surface area contributed by atoms with Gasteiger partial charge in [-0.15, -0.1) is 0 Å². The minimum atomic E-state index is 0.576. The molecule has 0 aliphatic carbocycles. The van der Waals surface area contributed by atoms with Crippen LogP contribution in [0.4, 0.5) is 23.3 Å². The molecule has 0 amide bonds. The molecule has 2 aromatic rings. The van der Waals surface area contributed by atoms with E-state index in [2.05, 4.69) is 57.4 Å². The van der Waals surface area contributed by atoms with Crippen molar-refractivity contribution in [1.82, 2.24) is 20.3 Å². The molecule has 0 aromatic carbocycles. The molecule has 0 bridgehead atoms. The first-order valence-corrected chi connectivity index (χ1v) is 9.55. The second-order valence-electron chi connectivity index (χ2n) is 6.32.